The Kier molecular flexibility index (Phi) is 6.23. The molecule has 1 aliphatic carbocycles. The average molecular weight is 339 g/mol. The summed E-state index contributed by atoms with van der Waals surface area (Å²) in [5.41, 5.74) is 2.09. The summed E-state index contributed by atoms with van der Waals surface area (Å²) in [4.78, 5) is 11.6. The van der Waals surface area contributed by atoms with E-state index < -0.39 is 0 Å². The van der Waals surface area contributed by atoms with Gasteiger partial charge in [0.1, 0.15) is 5.82 Å². The Labute approximate surface area is 150 Å². The normalized spacial score (nSPS) is 14.8. The van der Waals surface area contributed by atoms with Crippen molar-refractivity contribution < 1.29 is 0 Å². The molecule has 1 fully saturated rings. The molecule has 1 saturated carbocycles. The van der Waals surface area contributed by atoms with E-state index in [2.05, 4.69) is 47.8 Å². The molecule has 0 aliphatic heterocycles. The maximum absolute atomic E-state index is 4.72. The van der Waals surface area contributed by atoms with Crippen molar-refractivity contribution in [2.45, 2.75) is 38.1 Å². The molecule has 0 amide bonds. The van der Waals surface area contributed by atoms with Crippen LogP contribution in [0, 0.1) is 0 Å². The fourth-order valence-corrected chi connectivity index (χ4v) is 3.23. The molecule has 3 rings (SSSR count). The van der Waals surface area contributed by atoms with Gasteiger partial charge in [-0.25, -0.2) is 4.98 Å². The first-order chi connectivity index (χ1) is 12.2. The highest BCUT2D eigenvalue weighted by molar-refractivity contribution is 5.64. The summed E-state index contributed by atoms with van der Waals surface area (Å²) in [6.07, 6.45) is 6.15. The van der Waals surface area contributed by atoms with Crippen molar-refractivity contribution in [2.75, 3.05) is 37.8 Å². The number of hydrogen-bond donors (Lipinski definition) is 2. The molecular formula is C20H29N5. The molecule has 0 bridgehead atoms. The largest absolute Gasteiger partial charge is 0.367 e. The minimum Gasteiger partial charge on any atom is -0.367 e. The number of nitrogens with zero attached hydrogens (tertiary/aromatic N) is 3. The number of nitrogens with one attached hydrogen (secondary N) is 2. The number of anilines is 2. The molecule has 0 unspecified atom stereocenters. The predicted molar refractivity (Wildman–Crippen MR) is 105 cm³/mol. The summed E-state index contributed by atoms with van der Waals surface area (Å²) in [6, 6.07) is 12.9. The molecule has 1 heterocycles. The smallest absolute Gasteiger partial charge is 0.225 e. The van der Waals surface area contributed by atoms with Gasteiger partial charge >= 0.3 is 0 Å². The van der Waals surface area contributed by atoms with E-state index in [1.165, 1.54) is 25.7 Å². The molecule has 0 spiro atoms. The zero-order valence-electron chi connectivity index (χ0n) is 15.3. The lowest BCUT2D eigenvalue weighted by molar-refractivity contribution is 0.405. The van der Waals surface area contributed by atoms with Crippen LogP contribution in [0.25, 0.3) is 11.3 Å². The topological polar surface area (TPSA) is 53.1 Å². The highest BCUT2D eigenvalue weighted by Crippen LogP contribution is 2.25. The van der Waals surface area contributed by atoms with Gasteiger partial charge in [0.05, 0.1) is 5.69 Å². The summed E-state index contributed by atoms with van der Waals surface area (Å²) in [6.45, 7) is 1.93. The molecule has 2 N–H and O–H groups in total. The Balaban J connectivity index is 1.75. The number of aromatic nitrogens is 2. The van der Waals surface area contributed by atoms with E-state index in [4.69, 9.17) is 9.97 Å². The maximum Gasteiger partial charge on any atom is 0.225 e. The van der Waals surface area contributed by atoms with Gasteiger partial charge in [-0.3, -0.25) is 0 Å². The maximum atomic E-state index is 4.72. The minimum atomic E-state index is 0.542. The lowest BCUT2D eigenvalue weighted by atomic mass is 10.1. The Morgan fingerprint density at radius 2 is 1.84 bits per heavy atom. The standard InChI is InChI=1S/C20H29N5/c1-25(2)14-8-13-21-20-23-18(16-9-4-3-5-10-16)15-19(24-20)22-17-11-6-7-12-17/h3-5,9-10,15,17H,6-8,11-14H2,1-2H3,(H2,21,22,23,24). The summed E-state index contributed by atoms with van der Waals surface area (Å²) in [5.74, 6) is 1.64. The lowest BCUT2D eigenvalue weighted by Gasteiger charge is -2.15. The molecule has 0 saturated heterocycles. The van der Waals surface area contributed by atoms with Crippen LogP contribution in [-0.4, -0.2) is 48.1 Å². The van der Waals surface area contributed by atoms with E-state index in [9.17, 15) is 0 Å². The first kappa shape index (κ1) is 17.7. The first-order valence-corrected chi connectivity index (χ1v) is 9.30. The van der Waals surface area contributed by atoms with Crippen molar-refractivity contribution in [1.29, 1.82) is 0 Å². The second-order valence-electron chi connectivity index (χ2n) is 7.04. The van der Waals surface area contributed by atoms with Gasteiger partial charge in [0.2, 0.25) is 5.95 Å². The van der Waals surface area contributed by atoms with Crippen LogP contribution in [0.3, 0.4) is 0 Å². The van der Waals surface area contributed by atoms with Crippen LogP contribution in [0.1, 0.15) is 32.1 Å². The van der Waals surface area contributed by atoms with Crippen molar-refractivity contribution in [3.8, 4) is 11.3 Å². The van der Waals surface area contributed by atoms with E-state index in [1.807, 2.05) is 18.2 Å². The number of benzene rings is 1. The van der Waals surface area contributed by atoms with Crippen LogP contribution in [0.4, 0.5) is 11.8 Å². The Morgan fingerprint density at radius 1 is 1.08 bits per heavy atom. The Morgan fingerprint density at radius 3 is 2.56 bits per heavy atom. The third-order valence-corrected chi connectivity index (χ3v) is 4.57. The summed E-state index contributed by atoms with van der Waals surface area (Å²) in [7, 11) is 4.19. The van der Waals surface area contributed by atoms with Gasteiger partial charge in [0, 0.05) is 24.2 Å². The first-order valence-electron chi connectivity index (χ1n) is 9.30. The molecule has 0 radical (unpaired) electrons. The summed E-state index contributed by atoms with van der Waals surface area (Å²) in [5, 5.41) is 6.99. The van der Waals surface area contributed by atoms with E-state index in [0.29, 0.717) is 12.0 Å². The zero-order valence-corrected chi connectivity index (χ0v) is 15.3. The molecule has 5 heteroatoms. The van der Waals surface area contributed by atoms with Crippen LogP contribution < -0.4 is 10.6 Å². The van der Waals surface area contributed by atoms with Gasteiger partial charge in [-0.05, 0) is 39.9 Å². The average Bonchev–Trinajstić information content (AvgIpc) is 3.12. The van der Waals surface area contributed by atoms with Crippen LogP contribution in [0.2, 0.25) is 0 Å². The molecule has 1 aromatic heterocycles. The summed E-state index contributed by atoms with van der Waals surface area (Å²) >= 11 is 0. The van der Waals surface area contributed by atoms with Crippen LogP contribution in [0.15, 0.2) is 36.4 Å². The van der Waals surface area contributed by atoms with Gasteiger partial charge in [-0.15, -0.1) is 0 Å². The fraction of sp³-hybridized carbons (Fsp3) is 0.500. The van der Waals surface area contributed by atoms with Gasteiger partial charge in [0.25, 0.3) is 0 Å². The minimum absolute atomic E-state index is 0.542. The van der Waals surface area contributed by atoms with Crippen molar-refractivity contribution in [3.63, 3.8) is 0 Å². The van der Waals surface area contributed by atoms with Crippen molar-refractivity contribution >= 4 is 11.8 Å². The second kappa shape index (κ2) is 8.81. The fourth-order valence-electron chi connectivity index (χ4n) is 3.23. The van der Waals surface area contributed by atoms with E-state index in [1.54, 1.807) is 0 Å². The molecule has 134 valence electrons. The van der Waals surface area contributed by atoms with E-state index >= 15 is 0 Å². The lowest BCUT2D eigenvalue weighted by Crippen LogP contribution is -2.18. The molecule has 25 heavy (non-hydrogen) atoms. The third-order valence-electron chi connectivity index (χ3n) is 4.57. The zero-order chi connectivity index (χ0) is 17.5. The summed E-state index contributed by atoms with van der Waals surface area (Å²) < 4.78 is 0. The molecule has 1 aromatic carbocycles. The monoisotopic (exact) mass is 339 g/mol. The number of hydrogen-bond acceptors (Lipinski definition) is 5. The highest BCUT2D eigenvalue weighted by atomic mass is 15.2. The Bertz CT molecular complexity index is 650. The molecule has 0 atom stereocenters. The van der Waals surface area contributed by atoms with Crippen molar-refractivity contribution in [3.05, 3.63) is 36.4 Å². The van der Waals surface area contributed by atoms with Crippen molar-refractivity contribution in [1.82, 2.24) is 14.9 Å². The van der Waals surface area contributed by atoms with E-state index in [0.717, 1.165) is 36.6 Å². The SMILES string of the molecule is CN(C)CCCNc1nc(NC2CCCC2)cc(-c2ccccc2)n1. The second-order valence-corrected chi connectivity index (χ2v) is 7.04. The molecule has 2 aromatic rings. The van der Waals surface area contributed by atoms with Crippen LogP contribution in [0.5, 0.6) is 0 Å². The highest BCUT2D eigenvalue weighted by Gasteiger charge is 2.16. The van der Waals surface area contributed by atoms with Gasteiger partial charge in [0.15, 0.2) is 0 Å². The van der Waals surface area contributed by atoms with Crippen LogP contribution in [-0.2, 0) is 0 Å². The predicted octanol–water partition coefficient (Wildman–Crippen LogP) is 3.86. The quantitative estimate of drug-likeness (QED) is 0.715. The van der Waals surface area contributed by atoms with Gasteiger partial charge < -0.3 is 15.5 Å². The molecular weight excluding hydrogens is 310 g/mol. The molecule has 1 aliphatic rings. The number of rotatable bonds is 8. The van der Waals surface area contributed by atoms with Crippen LogP contribution >= 0.6 is 0 Å². The van der Waals surface area contributed by atoms with Gasteiger partial charge in [-0.2, -0.15) is 4.98 Å². The van der Waals surface area contributed by atoms with Crippen molar-refractivity contribution in [2.24, 2.45) is 0 Å². The molecule has 5 nitrogen and oxygen atoms in total. The third kappa shape index (κ3) is 5.43. The van der Waals surface area contributed by atoms with Gasteiger partial charge in [-0.1, -0.05) is 43.2 Å². The Hall–Kier alpha value is -2.14. The van der Waals surface area contributed by atoms with E-state index in [-0.39, 0.29) is 0 Å².